The van der Waals surface area contributed by atoms with Crippen molar-refractivity contribution in [2.45, 2.75) is 18.9 Å². The molecule has 4 aromatic rings. The number of amidine groups is 2. The topological polar surface area (TPSA) is 82.8 Å². The molecule has 4 rings (SSSR count). The Hall–Kier alpha value is -4.70. The minimum atomic E-state index is -5.78. The summed E-state index contributed by atoms with van der Waals surface area (Å²) in [6.07, 6.45) is 8.63. The fraction of sp³-hybridized carbons (Fsp3) is 0.125. The lowest BCUT2D eigenvalue weighted by Gasteiger charge is -2.18. The Balaban J connectivity index is 1.66. The highest BCUT2D eigenvalue weighted by Gasteiger charge is 2.48. The average molecular weight is 592 g/mol. The molecule has 0 atom stereocenters. The van der Waals surface area contributed by atoms with Gasteiger partial charge >= 0.3 is 15.6 Å². The maximum Gasteiger partial charge on any atom is 0.534 e. The molecule has 42 heavy (non-hydrogen) atoms. The van der Waals surface area contributed by atoms with Crippen molar-refractivity contribution in [3.8, 4) is 16.9 Å². The maximum atomic E-state index is 12.8. The molecule has 10 heteroatoms. The number of rotatable bonds is 8. The Bertz CT molecular complexity index is 1760. The number of hydrogen-bond acceptors (Lipinski definition) is 4. The summed E-state index contributed by atoms with van der Waals surface area (Å²) in [5.41, 5.74) is -2.50. The molecule has 0 bridgehead atoms. The van der Waals surface area contributed by atoms with Gasteiger partial charge in [-0.2, -0.15) is 21.6 Å². The van der Waals surface area contributed by atoms with E-state index in [0.29, 0.717) is 22.2 Å². The normalized spacial score (nSPS) is 12.7. The molecule has 4 aromatic carbocycles. The van der Waals surface area contributed by atoms with E-state index in [4.69, 9.17) is 5.41 Å². The Labute approximate surface area is 242 Å². The molecule has 0 radical (unpaired) electrons. The van der Waals surface area contributed by atoms with Crippen LogP contribution in [0.25, 0.3) is 21.9 Å². The third-order valence-corrected chi connectivity index (χ3v) is 7.15. The molecule has 0 amide bonds. The second-order valence-corrected chi connectivity index (χ2v) is 10.8. The van der Waals surface area contributed by atoms with Crippen molar-refractivity contribution in [3.05, 3.63) is 127 Å². The molecule has 6 nitrogen and oxygen atoms in total. The molecule has 0 unspecified atom stereocenters. The summed E-state index contributed by atoms with van der Waals surface area (Å²) >= 11 is 0. The van der Waals surface area contributed by atoms with Crippen LogP contribution in [0, 0.1) is 5.41 Å². The molecule has 0 fully saturated rings. The fourth-order valence-corrected chi connectivity index (χ4v) is 4.47. The van der Waals surface area contributed by atoms with Gasteiger partial charge in [0.2, 0.25) is 0 Å². The second kappa shape index (κ2) is 12.9. The summed E-state index contributed by atoms with van der Waals surface area (Å²) in [6.45, 7) is 2.05. The van der Waals surface area contributed by atoms with Crippen molar-refractivity contribution in [3.63, 3.8) is 0 Å². The molecule has 0 aliphatic carbocycles. The first-order valence-corrected chi connectivity index (χ1v) is 14.3. The number of nitrogens with one attached hydrogen (secondary N) is 1. The molecular formula is C32H28F3N3O3S. The SMILES string of the molecule is CC/C=C\C=C/N(C)C(=NC(=N)c1ccccc1)c1ccc(-c2ccc3ccc(OS(=O)(=O)C(F)(F)F)cc3c2)cc1. The van der Waals surface area contributed by atoms with E-state index in [9.17, 15) is 21.6 Å². The highest BCUT2D eigenvalue weighted by molar-refractivity contribution is 7.88. The Morgan fingerprint density at radius 2 is 1.55 bits per heavy atom. The largest absolute Gasteiger partial charge is 0.534 e. The Morgan fingerprint density at radius 3 is 2.21 bits per heavy atom. The molecule has 0 spiro atoms. The zero-order valence-electron chi connectivity index (χ0n) is 22.8. The van der Waals surface area contributed by atoms with Gasteiger partial charge < -0.3 is 9.08 Å². The van der Waals surface area contributed by atoms with Crippen LogP contribution < -0.4 is 4.18 Å². The molecule has 0 saturated heterocycles. The number of nitrogens with zero attached hydrogens (tertiary/aromatic N) is 2. The average Bonchev–Trinajstić information content (AvgIpc) is 2.97. The molecular weight excluding hydrogens is 563 g/mol. The summed E-state index contributed by atoms with van der Waals surface area (Å²) in [5, 5.41) is 9.75. The standard InChI is InChI=1S/C32H28F3N3O3S/c1-3-4-5-9-20-38(2)31(37-30(36)25-10-7-6-8-11-25)26-15-12-23(13-16-26)27-17-14-24-18-19-29(22-28(24)21-27)41-42(39,40)32(33,34)35/h4-22,36H,3H2,1-2H3/b5-4-,20-9-,36-30?,37-31?. The van der Waals surface area contributed by atoms with Crippen LogP contribution in [0.1, 0.15) is 24.5 Å². The van der Waals surface area contributed by atoms with Gasteiger partial charge in [0, 0.05) is 24.4 Å². The summed E-state index contributed by atoms with van der Waals surface area (Å²) in [5.74, 6) is 0.237. The monoisotopic (exact) mass is 591 g/mol. The van der Waals surface area contributed by atoms with Crippen LogP contribution in [0.5, 0.6) is 5.75 Å². The van der Waals surface area contributed by atoms with Gasteiger partial charge in [-0.05, 0) is 52.6 Å². The molecule has 0 aliphatic rings. The minimum Gasteiger partial charge on any atom is -0.376 e. The van der Waals surface area contributed by atoms with Crippen molar-refractivity contribution < 1.29 is 25.8 Å². The van der Waals surface area contributed by atoms with Gasteiger partial charge in [0.05, 0.1) is 0 Å². The first-order valence-electron chi connectivity index (χ1n) is 12.9. The zero-order valence-corrected chi connectivity index (χ0v) is 23.7. The van der Waals surface area contributed by atoms with Crippen LogP contribution in [0.2, 0.25) is 0 Å². The smallest absolute Gasteiger partial charge is 0.376 e. The van der Waals surface area contributed by atoms with E-state index in [0.717, 1.165) is 23.1 Å². The van der Waals surface area contributed by atoms with Crippen molar-refractivity contribution >= 4 is 32.6 Å². The second-order valence-electron chi connectivity index (χ2n) is 9.22. The number of allylic oxidation sites excluding steroid dienone is 3. The van der Waals surface area contributed by atoms with E-state index in [-0.39, 0.29) is 5.84 Å². The molecule has 1 N–H and O–H groups in total. The first-order chi connectivity index (χ1) is 20.0. The van der Waals surface area contributed by atoms with Crippen LogP contribution >= 0.6 is 0 Å². The number of halogens is 3. The highest BCUT2D eigenvalue weighted by atomic mass is 32.2. The van der Waals surface area contributed by atoms with E-state index in [1.807, 2.05) is 104 Å². The van der Waals surface area contributed by atoms with Gasteiger partial charge in [-0.25, -0.2) is 4.99 Å². The molecule has 0 saturated carbocycles. The lowest BCUT2D eigenvalue weighted by Crippen LogP contribution is -2.28. The van der Waals surface area contributed by atoms with Crippen LogP contribution in [0.3, 0.4) is 0 Å². The van der Waals surface area contributed by atoms with E-state index >= 15 is 0 Å². The Morgan fingerprint density at radius 1 is 0.881 bits per heavy atom. The number of fused-ring (bicyclic) bond motifs is 1. The van der Waals surface area contributed by atoms with Crippen LogP contribution in [0.4, 0.5) is 13.2 Å². The predicted molar refractivity (Wildman–Crippen MR) is 161 cm³/mol. The predicted octanol–water partition coefficient (Wildman–Crippen LogP) is 7.92. The summed E-state index contributed by atoms with van der Waals surface area (Å²) in [4.78, 5) is 6.46. The summed E-state index contributed by atoms with van der Waals surface area (Å²) in [6, 6.07) is 26.0. The first kappa shape index (κ1) is 30.3. The van der Waals surface area contributed by atoms with Crippen molar-refractivity contribution in [2.24, 2.45) is 4.99 Å². The van der Waals surface area contributed by atoms with E-state index in [2.05, 4.69) is 9.18 Å². The number of alkyl halides is 3. The van der Waals surface area contributed by atoms with Crippen LogP contribution in [0.15, 0.2) is 120 Å². The van der Waals surface area contributed by atoms with Gasteiger partial charge in [0.15, 0.2) is 5.84 Å². The molecule has 0 aliphatic heterocycles. The lowest BCUT2D eigenvalue weighted by molar-refractivity contribution is -0.0500. The molecule has 0 heterocycles. The van der Waals surface area contributed by atoms with Crippen molar-refractivity contribution in [1.29, 1.82) is 5.41 Å². The Kier molecular flexibility index (Phi) is 9.27. The number of aliphatic imine (C=N–C) groups is 1. The molecule has 216 valence electrons. The van der Waals surface area contributed by atoms with Gasteiger partial charge in [-0.3, -0.25) is 5.41 Å². The van der Waals surface area contributed by atoms with Crippen LogP contribution in [-0.2, 0) is 10.1 Å². The van der Waals surface area contributed by atoms with Crippen molar-refractivity contribution in [1.82, 2.24) is 4.90 Å². The zero-order chi connectivity index (χ0) is 30.3. The minimum absolute atomic E-state index is 0.110. The molecule has 0 aromatic heterocycles. The van der Waals surface area contributed by atoms with Gasteiger partial charge in [-0.1, -0.05) is 91.9 Å². The van der Waals surface area contributed by atoms with Crippen molar-refractivity contribution in [2.75, 3.05) is 7.05 Å². The summed E-state index contributed by atoms with van der Waals surface area (Å²) < 4.78 is 65.5. The maximum absolute atomic E-state index is 12.8. The quantitative estimate of drug-likeness (QED) is 0.0742. The number of benzene rings is 4. The van der Waals surface area contributed by atoms with E-state index in [1.165, 1.54) is 18.2 Å². The third-order valence-electron chi connectivity index (χ3n) is 6.17. The van der Waals surface area contributed by atoms with E-state index in [1.54, 1.807) is 12.1 Å². The lowest BCUT2D eigenvalue weighted by atomic mass is 10.00. The number of hydrogen-bond donors (Lipinski definition) is 1. The van der Waals surface area contributed by atoms with Gasteiger partial charge in [0.1, 0.15) is 11.6 Å². The van der Waals surface area contributed by atoms with Crippen LogP contribution in [-0.4, -0.2) is 37.5 Å². The van der Waals surface area contributed by atoms with E-state index < -0.39 is 21.4 Å². The summed E-state index contributed by atoms with van der Waals surface area (Å²) in [7, 11) is -3.93. The van der Waals surface area contributed by atoms with Gasteiger partial charge in [0.25, 0.3) is 0 Å². The third kappa shape index (κ3) is 7.32. The fourth-order valence-electron chi connectivity index (χ4n) is 4.02. The highest BCUT2D eigenvalue weighted by Crippen LogP contribution is 2.31. The van der Waals surface area contributed by atoms with Gasteiger partial charge in [-0.15, -0.1) is 0 Å².